The SMILES string of the molecule is Cc1c(C(=O)CCSc2ccc(Cl)cc2)sc2ccccc12. The molecule has 0 amide bonds. The molecule has 0 radical (unpaired) electrons. The molecule has 2 aromatic carbocycles. The minimum absolute atomic E-state index is 0.236. The molecule has 1 heterocycles. The van der Waals surface area contributed by atoms with Gasteiger partial charge in [-0.2, -0.15) is 0 Å². The van der Waals surface area contributed by atoms with Crippen LogP contribution in [0.4, 0.5) is 0 Å². The molecular weight excluding hydrogens is 332 g/mol. The summed E-state index contributed by atoms with van der Waals surface area (Å²) in [5, 5.41) is 1.93. The van der Waals surface area contributed by atoms with Gasteiger partial charge in [0.1, 0.15) is 0 Å². The smallest absolute Gasteiger partial charge is 0.173 e. The monoisotopic (exact) mass is 346 g/mol. The Morgan fingerprint density at radius 2 is 1.86 bits per heavy atom. The molecule has 0 atom stereocenters. The predicted octanol–water partition coefficient (Wildman–Crippen LogP) is 6.23. The van der Waals surface area contributed by atoms with Gasteiger partial charge in [-0.25, -0.2) is 0 Å². The van der Waals surface area contributed by atoms with Crippen LogP contribution in [0, 0.1) is 6.92 Å². The van der Waals surface area contributed by atoms with Crippen LogP contribution < -0.4 is 0 Å². The van der Waals surface area contributed by atoms with Crippen molar-refractivity contribution < 1.29 is 4.79 Å². The number of rotatable bonds is 5. The molecule has 22 heavy (non-hydrogen) atoms. The molecular formula is C18H15ClOS2. The molecule has 112 valence electrons. The van der Waals surface area contributed by atoms with E-state index in [0.717, 1.165) is 26.1 Å². The molecule has 4 heteroatoms. The molecule has 0 aliphatic heterocycles. The van der Waals surface area contributed by atoms with Crippen LogP contribution in [0.25, 0.3) is 10.1 Å². The number of hydrogen-bond donors (Lipinski definition) is 0. The van der Waals surface area contributed by atoms with Crippen LogP contribution in [-0.4, -0.2) is 11.5 Å². The number of thioether (sulfide) groups is 1. The lowest BCUT2D eigenvalue weighted by Crippen LogP contribution is -1.99. The van der Waals surface area contributed by atoms with E-state index in [9.17, 15) is 4.79 Å². The molecule has 0 aliphatic rings. The minimum atomic E-state index is 0.236. The van der Waals surface area contributed by atoms with Crippen LogP contribution in [0.2, 0.25) is 5.02 Å². The van der Waals surface area contributed by atoms with Crippen LogP contribution in [-0.2, 0) is 0 Å². The number of hydrogen-bond acceptors (Lipinski definition) is 3. The van der Waals surface area contributed by atoms with E-state index >= 15 is 0 Å². The molecule has 3 rings (SSSR count). The van der Waals surface area contributed by atoms with Crippen LogP contribution in [0.5, 0.6) is 0 Å². The number of carbonyl (C=O) groups excluding carboxylic acids is 1. The maximum Gasteiger partial charge on any atom is 0.173 e. The van der Waals surface area contributed by atoms with Crippen molar-refractivity contribution in [3.63, 3.8) is 0 Å². The van der Waals surface area contributed by atoms with Gasteiger partial charge in [0.15, 0.2) is 5.78 Å². The second kappa shape index (κ2) is 6.86. The second-order valence-corrected chi connectivity index (χ2v) is 7.68. The van der Waals surface area contributed by atoms with Crippen molar-refractivity contribution in [3.8, 4) is 0 Å². The highest BCUT2D eigenvalue weighted by atomic mass is 35.5. The molecule has 0 spiro atoms. The Labute approximate surface area is 143 Å². The summed E-state index contributed by atoms with van der Waals surface area (Å²) >= 11 is 9.16. The maximum atomic E-state index is 12.5. The molecule has 0 bridgehead atoms. The average molecular weight is 347 g/mol. The van der Waals surface area contributed by atoms with Crippen molar-refractivity contribution in [2.24, 2.45) is 0 Å². The van der Waals surface area contributed by atoms with E-state index in [1.54, 1.807) is 23.1 Å². The van der Waals surface area contributed by atoms with Crippen molar-refractivity contribution in [2.45, 2.75) is 18.2 Å². The Morgan fingerprint density at radius 1 is 1.14 bits per heavy atom. The van der Waals surface area contributed by atoms with Gasteiger partial charge in [-0.1, -0.05) is 29.8 Å². The van der Waals surface area contributed by atoms with Crippen molar-refractivity contribution in [1.82, 2.24) is 0 Å². The lowest BCUT2D eigenvalue weighted by Gasteiger charge is -2.02. The lowest BCUT2D eigenvalue weighted by atomic mass is 10.1. The largest absolute Gasteiger partial charge is 0.293 e. The topological polar surface area (TPSA) is 17.1 Å². The number of carbonyl (C=O) groups is 1. The molecule has 0 fully saturated rings. The van der Waals surface area contributed by atoms with E-state index < -0.39 is 0 Å². The highest BCUT2D eigenvalue weighted by Crippen LogP contribution is 2.32. The third kappa shape index (κ3) is 3.37. The normalized spacial score (nSPS) is 11.0. The first-order valence-electron chi connectivity index (χ1n) is 7.05. The zero-order valence-electron chi connectivity index (χ0n) is 12.1. The van der Waals surface area contributed by atoms with Gasteiger partial charge in [0.25, 0.3) is 0 Å². The summed E-state index contributed by atoms with van der Waals surface area (Å²) in [7, 11) is 0. The number of ketones is 1. The van der Waals surface area contributed by atoms with Crippen molar-refractivity contribution in [1.29, 1.82) is 0 Å². The molecule has 1 aromatic heterocycles. The van der Waals surface area contributed by atoms with Crippen LogP contribution in [0.3, 0.4) is 0 Å². The summed E-state index contributed by atoms with van der Waals surface area (Å²) in [5.74, 6) is 1.02. The molecule has 0 N–H and O–H groups in total. The van der Waals surface area contributed by atoms with Gasteiger partial charge in [0.2, 0.25) is 0 Å². The van der Waals surface area contributed by atoms with E-state index in [-0.39, 0.29) is 5.78 Å². The predicted molar refractivity (Wildman–Crippen MR) is 97.7 cm³/mol. The fourth-order valence-corrected chi connectivity index (χ4v) is 4.50. The Hall–Kier alpha value is -1.29. The third-order valence-corrected chi connectivity index (χ3v) is 6.09. The number of thiophene rings is 1. The fourth-order valence-electron chi connectivity index (χ4n) is 2.35. The van der Waals surface area contributed by atoms with Crippen LogP contribution >= 0.6 is 34.7 Å². The molecule has 3 aromatic rings. The summed E-state index contributed by atoms with van der Waals surface area (Å²) in [5.41, 5.74) is 1.11. The Morgan fingerprint density at radius 3 is 2.59 bits per heavy atom. The average Bonchev–Trinajstić information content (AvgIpc) is 2.87. The fraction of sp³-hybridized carbons (Fsp3) is 0.167. The van der Waals surface area contributed by atoms with Crippen molar-refractivity contribution in [2.75, 3.05) is 5.75 Å². The summed E-state index contributed by atoms with van der Waals surface area (Å²) in [4.78, 5) is 14.5. The summed E-state index contributed by atoms with van der Waals surface area (Å²) in [6, 6.07) is 15.9. The van der Waals surface area contributed by atoms with E-state index in [4.69, 9.17) is 11.6 Å². The number of benzene rings is 2. The lowest BCUT2D eigenvalue weighted by molar-refractivity contribution is 0.0993. The quantitative estimate of drug-likeness (QED) is 0.402. The Kier molecular flexibility index (Phi) is 4.87. The zero-order valence-corrected chi connectivity index (χ0v) is 14.5. The van der Waals surface area contributed by atoms with Gasteiger partial charge < -0.3 is 0 Å². The van der Waals surface area contributed by atoms with Crippen LogP contribution in [0.15, 0.2) is 53.4 Å². The first kappa shape index (κ1) is 15.6. The van der Waals surface area contributed by atoms with Gasteiger partial charge in [-0.3, -0.25) is 4.79 Å². The molecule has 1 nitrogen and oxygen atoms in total. The van der Waals surface area contributed by atoms with Gasteiger partial charge >= 0.3 is 0 Å². The molecule has 0 saturated carbocycles. The number of halogens is 1. The third-order valence-electron chi connectivity index (χ3n) is 3.51. The highest BCUT2D eigenvalue weighted by Gasteiger charge is 2.14. The van der Waals surface area contributed by atoms with Crippen LogP contribution in [0.1, 0.15) is 21.7 Å². The Balaban J connectivity index is 1.66. The summed E-state index contributed by atoms with van der Waals surface area (Å²) in [6.45, 7) is 2.04. The second-order valence-electron chi connectivity index (χ2n) is 5.03. The van der Waals surface area contributed by atoms with Crippen molar-refractivity contribution in [3.05, 3.63) is 64.0 Å². The molecule has 0 saturated heterocycles. The van der Waals surface area contributed by atoms with Gasteiger partial charge in [-0.05, 0) is 48.2 Å². The number of fused-ring (bicyclic) bond motifs is 1. The highest BCUT2D eigenvalue weighted by molar-refractivity contribution is 7.99. The Bertz CT molecular complexity index is 806. The zero-order chi connectivity index (χ0) is 15.5. The first-order chi connectivity index (χ1) is 10.6. The number of Topliss-reactive ketones (excluding diaryl/α,β-unsaturated/α-hetero) is 1. The van der Waals surface area contributed by atoms with Gasteiger partial charge in [0.05, 0.1) is 4.88 Å². The summed E-state index contributed by atoms with van der Waals surface area (Å²) < 4.78 is 1.19. The molecule has 0 unspecified atom stereocenters. The van der Waals surface area contributed by atoms with E-state index in [1.807, 2.05) is 43.3 Å². The van der Waals surface area contributed by atoms with E-state index in [2.05, 4.69) is 12.1 Å². The van der Waals surface area contributed by atoms with Gasteiger partial charge in [-0.15, -0.1) is 23.1 Å². The molecule has 0 aliphatic carbocycles. The first-order valence-corrected chi connectivity index (χ1v) is 9.23. The minimum Gasteiger partial charge on any atom is -0.293 e. The standard InChI is InChI=1S/C18H15ClOS2/c1-12-15-4-2-3-5-17(15)22-18(12)16(20)10-11-21-14-8-6-13(19)7-9-14/h2-9H,10-11H2,1H3. The van der Waals surface area contributed by atoms with E-state index in [1.165, 1.54) is 10.1 Å². The maximum absolute atomic E-state index is 12.5. The van der Waals surface area contributed by atoms with Gasteiger partial charge in [0, 0.05) is 26.8 Å². The van der Waals surface area contributed by atoms with Crippen molar-refractivity contribution >= 4 is 50.6 Å². The number of aryl methyl sites for hydroxylation is 1. The van der Waals surface area contributed by atoms with E-state index in [0.29, 0.717) is 6.42 Å². The summed E-state index contributed by atoms with van der Waals surface area (Å²) in [6.07, 6.45) is 0.557.